The summed E-state index contributed by atoms with van der Waals surface area (Å²) >= 11 is 0. The molecule has 0 aliphatic carbocycles. The summed E-state index contributed by atoms with van der Waals surface area (Å²) in [6, 6.07) is 6.58. The van der Waals surface area contributed by atoms with Gasteiger partial charge in [0.25, 0.3) is 0 Å². The zero-order valence-corrected chi connectivity index (χ0v) is 6.24. The molecule has 0 aromatic heterocycles. The van der Waals surface area contributed by atoms with Crippen molar-refractivity contribution in [1.29, 1.82) is 5.26 Å². The van der Waals surface area contributed by atoms with Crippen LogP contribution in [0.15, 0.2) is 18.2 Å². The van der Waals surface area contributed by atoms with E-state index in [0.717, 1.165) is 0 Å². The number of carbonyl (C=O) groups excluding carboxylic acids is 1. The van der Waals surface area contributed by atoms with Crippen LogP contribution in [0.4, 0.5) is 5.69 Å². The van der Waals surface area contributed by atoms with E-state index in [1.807, 2.05) is 6.07 Å². The maximum Gasteiger partial charge on any atom is 0.151 e. The van der Waals surface area contributed by atoms with E-state index in [1.54, 1.807) is 12.1 Å². The van der Waals surface area contributed by atoms with E-state index >= 15 is 0 Å². The predicted molar refractivity (Wildman–Crippen MR) is 44.4 cm³/mol. The highest BCUT2D eigenvalue weighted by atomic mass is 16.1. The molecule has 0 unspecified atom stereocenters. The van der Waals surface area contributed by atoms with Crippen molar-refractivity contribution < 1.29 is 4.79 Å². The zero-order chi connectivity index (χ0) is 8.97. The summed E-state index contributed by atoms with van der Waals surface area (Å²) in [5.41, 5.74) is 3.69. The second-order valence-electron chi connectivity index (χ2n) is 2.18. The zero-order valence-electron chi connectivity index (χ0n) is 6.24. The molecule has 0 saturated heterocycles. The molecule has 0 bridgehead atoms. The highest BCUT2D eigenvalue weighted by Gasteiger charge is 2.00. The number of carbonyl (C=O) groups is 1. The molecular weight excluding hydrogens is 154 g/mol. The van der Waals surface area contributed by atoms with Crippen molar-refractivity contribution in [3.63, 3.8) is 0 Å². The van der Waals surface area contributed by atoms with Crippen molar-refractivity contribution in [1.82, 2.24) is 0 Å². The quantitative estimate of drug-likeness (QED) is 0.379. The topological polar surface area (TPSA) is 78.9 Å². The Hall–Kier alpha value is -1.86. The molecule has 0 saturated carbocycles. The van der Waals surface area contributed by atoms with Gasteiger partial charge in [-0.1, -0.05) is 0 Å². The van der Waals surface area contributed by atoms with Crippen LogP contribution in [0.25, 0.3) is 0 Å². The first-order valence-corrected chi connectivity index (χ1v) is 3.27. The molecule has 60 valence electrons. The molecule has 0 fully saturated rings. The minimum Gasteiger partial charge on any atom is -0.324 e. The molecule has 0 amide bonds. The lowest BCUT2D eigenvalue weighted by molar-refractivity contribution is 0.112. The summed E-state index contributed by atoms with van der Waals surface area (Å²) in [5.74, 6) is 5.12. The van der Waals surface area contributed by atoms with Gasteiger partial charge in [-0.3, -0.25) is 10.6 Å². The number of anilines is 1. The van der Waals surface area contributed by atoms with Gasteiger partial charge in [0, 0.05) is 11.3 Å². The number of hydrazine groups is 1. The van der Waals surface area contributed by atoms with Crippen molar-refractivity contribution in [2.75, 3.05) is 5.43 Å². The van der Waals surface area contributed by atoms with E-state index in [9.17, 15) is 4.79 Å². The van der Waals surface area contributed by atoms with Gasteiger partial charge in [-0.2, -0.15) is 5.26 Å². The second kappa shape index (κ2) is 3.51. The third-order valence-electron chi connectivity index (χ3n) is 1.47. The average Bonchev–Trinajstić information content (AvgIpc) is 2.16. The summed E-state index contributed by atoms with van der Waals surface area (Å²) in [6.07, 6.45) is 0.638. The lowest BCUT2D eigenvalue weighted by atomic mass is 10.1. The Balaban J connectivity index is 3.22. The van der Waals surface area contributed by atoms with Gasteiger partial charge in [-0.15, -0.1) is 0 Å². The molecular formula is C8H7N3O. The normalized spacial score (nSPS) is 8.67. The van der Waals surface area contributed by atoms with Gasteiger partial charge in [0.2, 0.25) is 0 Å². The number of aldehydes is 1. The van der Waals surface area contributed by atoms with E-state index in [2.05, 4.69) is 5.43 Å². The number of nitrogens with two attached hydrogens (primary N) is 1. The first-order chi connectivity index (χ1) is 5.81. The largest absolute Gasteiger partial charge is 0.324 e. The summed E-state index contributed by atoms with van der Waals surface area (Å²) in [4.78, 5) is 10.4. The average molecular weight is 161 g/mol. The fourth-order valence-electron chi connectivity index (χ4n) is 0.846. The van der Waals surface area contributed by atoms with E-state index < -0.39 is 0 Å². The third kappa shape index (κ3) is 1.41. The van der Waals surface area contributed by atoms with Crippen molar-refractivity contribution in [2.45, 2.75) is 0 Å². The summed E-state index contributed by atoms with van der Waals surface area (Å²) in [5, 5.41) is 8.59. The maximum atomic E-state index is 10.4. The fraction of sp³-hybridized carbons (Fsp3) is 0. The number of hydrogen-bond donors (Lipinski definition) is 2. The fourth-order valence-corrected chi connectivity index (χ4v) is 0.846. The summed E-state index contributed by atoms with van der Waals surface area (Å²) < 4.78 is 0. The number of nitriles is 1. The molecule has 0 atom stereocenters. The number of nitrogens with zero attached hydrogens (tertiary/aromatic N) is 1. The van der Waals surface area contributed by atoms with Crippen LogP contribution in [0.3, 0.4) is 0 Å². The van der Waals surface area contributed by atoms with Crippen LogP contribution in [-0.4, -0.2) is 6.29 Å². The Kier molecular flexibility index (Phi) is 2.41. The Morgan fingerprint density at radius 3 is 2.83 bits per heavy atom. The molecule has 3 N–H and O–H groups in total. The van der Waals surface area contributed by atoms with Crippen LogP contribution in [0, 0.1) is 11.3 Å². The molecule has 0 radical (unpaired) electrons. The molecule has 4 nitrogen and oxygen atoms in total. The van der Waals surface area contributed by atoms with Gasteiger partial charge >= 0.3 is 0 Å². The summed E-state index contributed by atoms with van der Waals surface area (Å²) in [7, 11) is 0. The first kappa shape index (κ1) is 8.24. The Labute approximate surface area is 69.6 Å². The molecule has 4 heteroatoms. The molecule has 0 spiro atoms. The predicted octanol–water partition coefficient (Wildman–Crippen LogP) is 0.656. The van der Waals surface area contributed by atoms with E-state index in [1.165, 1.54) is 6.07 Å². The van der Waals surface area contributed by atoms with E-state index in [0.29, 0.717) is 23.1 Å². The summed E-state index contributed by atoms with van der Waals surface area (Å²) in [6.45, 7) is 0. The third-order valence-corrected chi connectivity index (χ3v) is 1.47. The van der Waals surface area contributed by atoms with Crippen LogP contribution in [0.1, 0.15) is 15.9 Å². The number of benzene rings is 1. The van der Waals surface area contributed by atoms with Gasteiger partial charge in [-0.25, -0.2) is 0 Å². The Morgan fingerprint density at radius 1 is 1.58 bits per heavy atom. The molecule has 0 heterocycles. The smallest absolute Gasteiger partial charge is 0.151 e. The van der Waals surface area contributed by atoms with Gasteiger partial charge in [0.15, 0.2) is 6.29 Å². The van der Waals surface area contributed by atoms with Crippen LogP contribution < -0.4 is 11.3 Å². The number of hydrogen-bond acceptors (Lipinski definition) is 4. The number of nitrogen functional groups attached to an aromatic ring is 1. The van der Waals surface area contributed by atoms with Crippen molar-refractivity contribution in [3.05, 3.63) is 29.3 Å². The van der Waals surface area contributed by atoms with Crippen LogP contribution in [0.2, 0.25) is 0 Å². The first-order valence-electron chi connectivity index (χ1n) is 3.27. The SMILES string of the molecule is N#Cc1cc(NN)ccc1C=O. The van der Waals surface area contributed by atoms with Crippen LogP contribution in [0.5, 0.6) is 0 Å². The number of nitrogens with one attached hydrogen (secondary N) is 1. The van der Waals surface area contributed by atoms with Crippen LogP contribution in [-0.2, 0) is 0 Å². The number of rotatable bonds is 2. The van der Waals surface area contributed by atoms with E-state index in [-0.39, 0.29) is 0 Å². The molecule has 1 aromatic carbocycles. The lowest BCUT2D eigenvalue weighted by Crippen LogP contribution is -2.07. The van der Waals surface area contributed by atoms with Crippen molar-refractivity contribution in [3.8, 4) is 6.07 Å². The molecule has 0 aliphatic heterocycles. The molecule has 1 aromatic rings. The lowest BCUT2D eigenvalue weighted by Gasteiger charge is -2.00. The molecule has 1 rings (SSSR count). The molecule has 0 aliphatic rings. The Bertz CT molecular complexity index is 341. The second-order valence-corrected chi connectivity index (χ2v) is 2.18. The van der Waals surface area contributed by atoms with Crippen molar-refractivity contribution >= 4 is 12.0 Å². The monoisotopic (exact) mass is 161 g/mol. The van der Waals surface area contributed by atoms with E-state index in [4.69, 9.17) is 11.1 Å². The van der Waals surface area contributed by atoms with Gasteiger partial charge in [0.1, 0.15) is 0 Å². The minimum absolute atomic E-state index is 0.320. The van der Waals surface area contributed by atoms with Crippen molar-refractivity contribution in [2.24, 2.45) is 5.84 Å². The Morgan fingerprint density at radius 2 is 2.33 bits per heavy atom. The maximum absolute atomic E-state index is 10.4. The standard InChI is InChI=1S/C8H7N3O/c9-4-7-3-8(11-10)2-1-6(7)5-12/h1-3,5,11H,10H2. The van der Waals surface area contributed by atoms with Gasteiger partial charge in [-0.05, 0) is 18.2 Å². The highest BCUT2D eigenvalue weighted by molar-refractivity contribution is 5.80. The molecule has 12 heavy (non-hydrogen) atoms. The minimum atomic E-state index is 0.320. The van der Waals surface area contributed by atoms with Crippen LogP contribution >= 0.6 is 0 Å². The van der Waals surface area contributed by atoms with Gasteiger partial charge in [0.05, 0.1) is 11.6 Å². The van der Waals surface area contributed by atoms with Gasteiger partial charge < -0.3 is 5.43 Å². The highest BCUT2D eigenvalue weighted by Crippen LogP contribution is 2.12.